The Kier molecular flexibility index (Phi) is 3.59. The van der Waals surface area contributed by atoms with Crippen LogP contribution in [0.25, 0.3) is 11.3 Å². The van der Waals surface area contributed by atoms with Gasteiger partial charge in [0.1, 0.15) is 16.8 Å². The lowest BCUT2D eigenvalue weighted by Gasteiger charge is -2.17. The fourth-order valence-electron chi connectivity index (χ4n) is 1.79. The first-order valence-electron chi connectivity index (χ1n) is 6.08. The van der Waals surface area contributed by atoms with Gasteiger partial charge in [-0.2, -0.15) is 0 Å². The van der Waals surface area contributed by atoms with Crippen LogP contribution in [0.4, 0.5) is 4.39 Å². The second-order valence-corrected chi connectivity index (χ2v) is 6.05. The van der Waals surface area contributed by atoms with Crippen molar-refractivity contribution in [1.82, 2.24) is 9.97 Å². The Morgan fingerprint density at radius 2 is 1.74 bits per heavy atom. The molecule has 0 N–H and O–H groups in total. The molecule has 0 fully saturated rings. The van der Waals surface area contributed by atoms with Gasteiger partial charge in [0.2, 0.25) is 0 Å². The minimum absolute atomic E-state index is 0.206. The molecule has 1 heterocycles. The zero-order chi connectivity index (χ0) is 14.2. The van der Waals surface area contributed by atoms with E-state index in [9.17, 15) is 4.39 Å². The van der Waals surface area contributed by atoms with E-state index in [1.165, 1.54) is 12.1 Å². The van der Waals surface area contributed by atoms with E-state index in [2.05, 4.69) is 9.97 Å². The highest BCUT2D eigenvalue weighted by Gasteiger charge is 2.19. The number of rotatable bonds is 1. The van der Waals surface area contributed by atoms with Gasteiger partial charge >= 0.3 is 0 Å². The maximum Gasteiger partial charge on any atom is 0.136 e. The van der Waals surface area contributed by atoms with E-state index in [0.29, 0.717) is 22.2 Å². The van der Waals surface area contributed by atoms with E-state index >= 15 is 0 Å². The average molecular weight is 279 g/mol. The van der Waals surface area contributed by atoms with Crippen molar-refractivity contribution in [2.45, 2.75) is 33.1 Å². The van der Waals surface area contributed by atoms with Crippen LogP contribution in [0.15, 0.2) is 24.3 Å². The second kappa shape index (κ2) is 4.89. The van der Waals surface area contributed by atoms with E-state index in [-0.39, 0.29) is 11.2 Å². The van der Waals surface area contributed by atoms with E-state index < -0.39 is 0 Å². The highest BCUT2D eigenvalue weighted by atomic mass is 35.5. The molecule has 0 saturated heterocycles. The normalized spacial score (nSPS) is 11.7. The van der Waals surface area contributed by atoms with Crippen molar-refractivity contribution in [3.63, 3.8) is 0 Å². The van der Waals surface area contributed by atoms with Crippen LogP contribution in [0.3, 0.4) is 0 Å². The highest BCUT2D eigenvalue weighted by Crippen LogP contribution is 2.26. The first-order chi connectivity index (χ1) is 8.75. The van der Waals surface area contributed by atoms with Crippen LogP contribution in [0.2, 0.25) is 5.15 Å². The lowest BCUT2D eigenvalue weighted by molar-refractivity contribution is 0.546. The van der Waals surface area contributed by atoms with Gasteiger partial charge < -0.3 is 0 Å². The molecule has 1 aromatic heterocycles. The van der Waals surface area contributed by atoms with Crippen molar-refractivity contribution in [1.29, 1.82) is 0 Å². The Labute approximate surface area is 117 Å². The molecule has 100 valence electrons. The Balaban J connectivity index is 2.59. The summed E-state index contributed by atoms with van der Waals surface area (Å²) >= 11 is 6.04. The summed E-state index contributed by atoms with van der Waals surface area (Å²) in [7, 11) is 0. The van der Waals surface area contributed by atoms with Crippen molar-refractivity contribution < 1.29 is 4.39 Å². The number of benzene rings is 1. The average Bonchev–Trinajstić information content (AvgIpc) is 2.25. The molecular formula is C15H16ClFN2. The van der Waals surface area contributed by atoms with Crippen LogP contribution in [0.1, 0.15) is 32.2 Å². The zero-order valence-corrected chi connectivity index (χ0v) is 12.2. The van der Waals surface area contributed by atoms with Crippen molar-refractivity contribution >= 4 is 11.6 Å². The minimum atomic E-state index is -0.276. The van der Waals surface area contributed by atoms with Crippen LogP contribution in [-0.2, 0) is 5.41 Å². The molecule has 0 radical (unpaired) electrons. The molecule has 0 amide bonds. The smallest absolute Gasteiger partial charge is 0.136 e. The standard InChI is InChI=1S/C15H16ClFN2/c1-9-5-10(7-11(17)6-9)12-8-13(16)19-14(18-12)15(2,3)4/h5-8H,1-4H3. The molecule has 2 rings (SSSR count). The summed E-state index contributed by atoms with van der Waals surface area (Å²) in [6.45, 7) is 7.89. The molecule has 1 aromatic carbocycles. The van der Waals surface area contributed by atoms with Crippen molar-refractivity contribution in [3.05, 3.63) is 46.6 Å². The Morgan fingerprint density at radius 1 is 1.05 bits per heavy atom. The lowest BCUT2D eigenvalue weighted by Crippen LogP contribution is -2.16. The number of hydrogen-bond donors (Lipinski definition) is 0. The fourth-order valence-corrected chi connectivity index (χ4v) is 1.97. The summed E-state index contributed by atoms with van der Waals surface area (Å²) in [6, 6.07) is 6.48. The molecule has 0 spiro atoms. The van der Waals surface area contributed by atoms with Gasteiger partial charge in [-0.05, 0) is 30.7 Å². The van der Waals surface area contributed by atoms with Gasteiger partial charge in [-0.3, -0.25) is 0 Å². The van der Waals surface area contributed by atoms with Gasteiger partial charge in [-0.1, -0.05) is 32.4 Å². The van der Waals surface area contributed by atoms with Crippen LogP contribution in [0, 0.1) is 12.7 Å². The summed E-state index contributed by atoms with van der Waals surface area (Å²) in [5, 5.41) is 0.372. The van der Waals surface area contributed by atoms with Gasteiger partial charge in [0.15, 0.2) is 0 Å². The van der Waals surface area contributed by atoms with E-state index in [1.54, 1.807) is 6.07 Å². The third-order valence-corrected chi connectivity index (χ3v) is 2.90. The second-order valence-electron chi connectivity index (χ2n) is 5.67. The van der Waals surface area contributed by atoms with Crippen LogP contribution in [0.5, 0.6) is 0 Å². The largest absolute Gasteiger partial charge is 0.232 e. The Morgan fingerprint density at radius 3 is 2.32 bits per heavy atom. The van der Waals surface area contributed by atoms with Crippen LogP contribution < -0.4 is 0 Å². The molecule has 0 aliphatic heterocycles. The lowest BCUT2D eigenvalue weighted by atomic mass is 9.95. The number of halogens is 2. The predicted molar refractivity (Wildman–Crippen MR) is 75.9 cm³/mol. The monoisotopic (exact) mass is 278 g/mol. The summed E-state index contributed by atoms with van der Waals surface area (Å²) in [5.74, 6) is 0.374. The number of nitrogens with zero attached hydrogens (tertiary/aromatic N) is 2. The molecule has 4 heteroatoms. The Hall–Kier alpha value is -1.48. The molecule has 0 aliphatic rings. The maximum absolute atomic E-state index is 13.5. The molecular weight excluding hydrogens is 263 g/mol. The SMILES string of the molecule is Cc1cc(F)cc(-c2cc(Cl)nc(C(C)(C)C)n2)c1. The summed E-state index contributed by atoms with van der Waals surface area (Å²) in [5.41, 5.74) is 2.00. The minimum Gasteiger partial charge on any atom is -0.232 e. The molecule has 19 heavy (non-hydrogen) atoms. The van der Waals surface area contributed by atoms with Crippen molar-refractivity contribution in [2.24, 2.45) is 0 Å². The highest BCUT2D eigenvalue weighted by molar-refractivity contribution is 6.29. The molecule has 0 saturated carbocycles. The molecule has 2 nitrogen and oxygen atoms in total. The summed E-state index contributed by atoms with van der Waals surface area (Å²) in [6.07, 6.45) is 0. The first-order valence-corrected chi connectivity index (χ1v) is 6.46. The van der Waals surface area contributed by atoms with Crippen molar-refractivity contribution in [2.75, 3.05) is 0 Å². The number of hydrogen-bond acceptors (Lipinski definition) is 2. The molecule has 0 atom stereocenters. The van der Waals surface area contributed by atoms with E-state index in [1.807, 2.05) is 33.8 Å². The van der Waals surface area contributed by atoms with Gasteiger partial charge in [0.25, 0.3) is 0 Å². The van der Waals surface area contributed by atoms with Crippen molar-refractivity contribution in [3.8, 4) is 11.3 Å². The topological polar surface area (TPSA) is 25.8 Å². The van der Waals surface area contributed by atoms with Gasteiger partial charge in [-0.25, -0.2) is 14.4 Å². The van der Waals surface area contributed by atoms with E-state index in [4.69, 9.17) is 11.6 Å². The third kappa shape index (κ3) is 3.29. The molecule has 0 aliphatic carbocycles. The van der Waals surface area contributed by atoms with Gasteiger partial charge in [-0.15, -0.1) is 0 Å². The molecule has 0 bridgehead atoms. The third-order valence-electron chi connectivity index (χ3n) is 2.70. The first kappa shape index (κ1) is 13.9. The number of aromatic nitrogens is 2. The van der Waals surface area contributed by atoms with Crippen LogP contribution in [-0.4, -0.2) is 9.97 Å². The predicted octanol–water partition coefficient (Wildman–Crippen LogP) is 4.54. The maximum atomic E-state index is 13.5. The summed E-state index contributed by atoms with van der Waals surface area (Å²) < 4.78 is 13.5. The van der Waals surface area contributed by atoms with Gasteiger partial charge in [0.05, 0.1) is 5.69 Å². The van der Waals surface area contributed by atoms with Crippen LogP contribution >= 0.6 is 11.6 Å². The fraction of sp³-hybridized carbons (Fsp3) is 0.333. The Bertz CT molecular complexity index is 598. The summed E-state index contributed by atoms with van der Waals surface area (Å²) in [4.78, 5) is 8.73. The van der Waals surface area contributed by atoms with E-state index in [0.717, 1.165) is 5.56 Å². The zero-order valence-electron chi connectivity index (χ0n) is 11.5. The quantitative estimate of drug-likeness (QED) is 0.716. The van der Waals surface area contributed by atoms with Gasteiger partial charge in [0, 0.05) is 17.0 Å². The molecule has 0 unspecified atom stereocenters. The molecule has 2 aromatic rings. The number of aryl methyl sites for hydroxylation is 1.